The summed E-state index contributed by atoms with van der Waals surface area (Å²) in [4.78, 5) is 24.0. The number of anilines is 1. The van der Waals surface area contributed by atoms with Gasteiger partial charge in [-0.1, -0.05) is 43.3 Å². The molecule has 1 N–H and O–H groups in total. The maximum Gasteiger partial charge on any atom is 0.251 e. The second kappa shape index (κ2) is 9.47. The number of nitrogens with one attached hydrogen (secondary N) is 1. The molecule has 1 unspecified atom stereocenters. The highest BCUT2D eigenvalue weighted by atomic mass is 16.5. The molecule has 0 radical (unpaired) electrons. The van der Waals surface area contributed by atoms with E-state index in [1.807, 2.05) is 50.2 Å². The second-order valence-corrected chi connectivity index (χ2v) is 8.88. The molecule has 34 heavy (non-hydrogen) atoms. The van der Waals surface area contributed by atoms with E-state index in [9.17, 15) is 4.79 Å². The van der Waals surface area contributed by atoms with Crippen LogP contribution in [0.1, 0.15) is 47.3 Å². The van der Waals surface area contributed by atoms with Gasteiger partial charge in [0, 0.05) is 42.3 Å². The Morgan fingerprint density at radius 1 is 1.03 bits per heavy atom. The van der Waals surface area contributed by atoms with Gasteiger partial charge in [0.1, 0.15) is 6.04 Å². The number of amides is 1. The van der Waals surface area contributed by atoms with Crippen LogP contribution in [0.5, 0.6) is 0 Å². The molecular weight excluding hydrogens is 426 g/mol. The second-order valence-electron chi connectivity index (χ2n) is 8.88. The minimum atomic E-state index is -0.399. The normalized spacial score (nSPS) is 14.0. The standard InChI is InChI=1S/C27H27N5O2/c1-18(2)24(27-30-25(31-34-27)21-8-5-14-28-16-21)29-26(33)20-9-11-23(12-10-20)32-15-13-19-6-3-4-7-22(19)17-32/h3-12,14,16,18,24H,13,15,17H2,1-2H3,(H,29,33). The summed E-state index contributed by atoms with van der Waals surface area (Å²) < 4.78 is 5.50. The predicted molar refractivity (Wildman–Crippen MR) is 130 cm³/mol. The summed E-state index contributed by atoms with van der Waals surface area (Å²) in [6.07, 6.45) is 4.40. The Morgan fingerprint density at radius 3 is 2.56 bits per heavy atom. The Balaban J connectivity index is 1.28. The Morgan fingerprint density at radius 2 is 1.82 bits per heavy atom. The van der Waals surface area contributed by atoms with Crippen LogP contribution >= 0.6 is 0 Å². The number of fused-ring (bicyclic) bond motifs is 1. The minimum Gasteiger partial charge on any atom is -0.367 e. The maximum atomic E-state index is 13.0. The van der Waals surface area contributed by atoms with Crippen LogP contribution in [0.25, 0.3) is 11.4 Å². The first-order chi connectivity index (χ1) is 16.6. The van der Waals surface area contributed by atoms with E-state index in [1.165, 1.54) is 11.1 Å². The number of hydrogen-bond donors (Lipinski definition) is 1. The lowest BCUT2D eigenvalue weighted by molar-refractivity contribution is 0.0914. The van der Waals surface area contributed by atoms with Crippen LogP contribution in [0.4, 0.5) is 5.69 Å². The first-order valence-electron chi connectivity index (χ1n) is 11.5. The van der Waals surface area contributed by atoms with Crippen molar-refractivity contribution in [1.82, 2.24) is 20.4 Å². The molecule has 172 valence electrons. The van der Waals surface area contributed by atoms with Crippen LogP contribution < -0.4 is 10.2 Å². The SMILES string of the molecule is CC(C)C(NC(=O)c1ccc(N2CCc3ccccc3C2)cc1)c1nc(-c2cccnc2)no1. The van der Waals surface area contributed by atoms with Crippen molar-refractivity contribution < 1.29 is 9.32 Å². The predicted octanol–water partition coefficient (Wildman–Crippen LogP) is 4.82. The molecule has 3 heterocycles. The molecule has 4 aromatic rings. The Bertz CT molecular complexity index is 1270. The smallest absolute Gasteiger partial charge is 0.251 e. The Hall–Kier alpha value is -4.00. The van der Waals surface area contributed by atoms with Crippen molar-refractivity contribution >= 4 is 11.6 Å². The van der Waals surface area contributed by atoms with Gasteiger partial charge in [0.15, 0.2) is 0 Å². The monoisotopic (exact) mass is 453 g/mol. The zero-order chi connectivity index (χ0) is 23.5. The fraction of sp³-hybridized carbons (Fsp3) is 0.259. The van der Waals surface area contributed by atoms with Crippen molar-refractivity contribution in [3.05, 3.63) is 95.6 Å². The Labute approximate surface area is 198 Å². The van der Waals surface area contributed by atoms with E-state index in [0.717, 1.165) is 30.8 Å². The van der Waals surface area contributed by atoms with Crippen molar-refractivity contribution in [2.75, 3.05) is 11.4 Å². The topological polar surface area (TPSA) is 84.2 Å². The van der Waals surface area contributed by atoms with Gasteiger partial charge in [0.25, 0.3) is 5.91 Å². The van der Waals surface area contributed by atoms with Crippen molar-refractivity contribution in [1.29, 1.82) is 0 Å². The highest BCUT2D eigenvalue weighted by Crippen LogP contribution is 2.26. The van der Waals surface area contributed by atoms with Gasteiger partial charge in [-0.2, -0.15) is 4.98 Å². The molecule has 0 aliphatic carbocycles. The number of nitrogens with zero attached hydrogens (tertiary/aromatic N) is 4. The van der Waals surface area contributed by atoms with Gasteiger partial charge in [-0.15, -0.1) is 0 Å². The third-order valence-electron chi connectivity index (χ3n) is 6.21. The molecule has 7 nitrogen and oxygen atoms in total. The first-order valence-corrected chi connectivity index (χ1v) is 11.5. The van der Waals surface area contributed by atoms with Crippen LogP contribution in [0.2, 0.25) is 0 Å². The number of carbonyl (C=O) groups is 1. The largest absolute Gasteiger partial charge is 0.367 e. The molecule has 0 saturated carbocycles. The number of aromatic nitrogens is 3. The molecule has 0 spiro atoms. The summed E-state index contributed by atoms with van der Waals surface area (Å²) in [5.74, 6) is 0.732. The quantitative estimate of drug-likeness (QED) is 0.451. The summed E-state index contributed by atoms with van der Waals surface area (Å²) in [6.45, 7) is 5.87. The lowest BCUT2D eigenvalue weighted by Crippen LogP contribution is -2.32. The zero-order valence-electron chi connectivity index (χ0n) is 19.3. The minimum absolute atomic E-state index is 0.0684. The van der Waals surface area contributed by atoms with E-state index in [1.54, 1.807) is 12.4 Å². The van der Waals surface area contributed by atoms with Crippen LogP contribution in [-0.2, 0) is 13.0 Å². The van der Waals surface area contributed by atoms with Gasteiger partial charge in [0.05, 0.1) is 0 Å². The first kappa shape index (κ1) is 21.8. The highest BCUT2D eigenvalue weighted by molar-refractivity contribution is 5.94. The molecule has 1 atom stereocenters. The molecule has 1 amide bonds. The molecule has 0 saturated heterocycles. The fourth-order valence-corrected chi connectivity index (χ4v) is 4.25. The molecule has 0 bridgehead atoms. The van der Waals surface area contributed by atoms with Gasteiger partial charge in [-0.3, -0.25) is 9.78 Å². The van der Waals surface area contributed by atoms with Gasteiger partial charge in [-0.05, 0) is 59.9 Å². The molecule has 1 aliphatic heterocycles. The fourth-order valence-electron chi connectivity index (χ4n) is 4.25. The number of rotatable bonds is 6. The third-order valence-corrected chi connectivity index (χ3v) is 6.21. The summed E-state index contributed by atoms with van der Waals surface area (Å²) in [5.41, 5.74) is 5.26. The number of hydrogen-bond acceptors (Lipinski definition) is 6. The maximum absolute atomic E-state index is 13.0. The summed E-state index contributed by atoms with van der Waals surface area (Å²) in [5, 5.41) is 7.13. The van der Waals surface area contributed by atoms with Gasteiger partial charge in [0.2, 0.25) is 11.7 Å². The Kier molecular flexibility index (Phi) is 6.08. The molecule has 2 aromatic heterocycles. The average molecular weight is 454 g/mol. The summed E-state index contributed by atoms with van der Waals surface area (Å²) >= 11 is 0. The van der Waals surface area contributed by atoms with E-state index in [4.69, 9.17) is 4.52 Å². The molecule has 0 fully saturated rings. The third kappa shape index (κ3) is 4.55. The van der Waals surface area contributed by atoms with Crippen LogP contribution in [0.3, 0.4) is 0 Å². The van der Waals surface area contributed by atoms with Crippen LogP contribution in [-0.4, -0.2) is 27.6 Å². The zero-order valence-corrected chi connectivity index (χ0v) is 19.3. The van der Waals surface area contributed by atoms with E-state index in [-0.39, 0.29) is 11.8 Å². The summed E-state index contributed by atoms with van der Waals surface area (Å²) in [7, 11) is 0. The lowest BCUT2D eigenvalue weighted by Gasteiger charge is -2.30. The average Bonchev–Trinajstić information content (AvgIpc) is 3.37. The van der Waals surface area contributed by atoms with E-state index in [2.05, 4.69) is 49.6 Å². The van der Waals surface area contributed by atoms with E-state index >= 15 is 0 Å². The van der Waals surface area contributed by atoms with E-state index in [0.29, 0.717) is 17.3 Å². The van der Waals surface area contributed by atoms with Crippen LogP contribution in [0.15, 0.2) is 77.6 Å². The van der Waals surface area contributed by atoms with Crippen LogP contribution in [0, 0.1) is 5.92 Å². The molecule has 7 heteroatoms. The van der Waals surface area contributed by atoms with Crippen molar-refractivity contribution in [2.24, 2.45) is 5.92 Å². The van der Waals surface area contributed by atoms with Gasteiger partial charge < -0.3 is 14.7 Å². The molecular formula is C27H27N5O2. The van der Waals surface area contributed by atoms with Gasteiger partial charge >= 0.3 is 0 Å². The lowest BCUT2D eigenvalue weighted by atomic mass is 9.99. The number of carbonyl (C=O) groups excluding carboxylic acids is 1. The number of pyridine rings is 1. The van der Waals surface area contributed by atoms with Gasteiger partial charge in [-0.25, -0.2) is 0 Å². The van der Waals surface area contributed by atoms with Crippen molar-refractivity contribution in [3.63, 3.8) is 0 Å². The summed E-state index contributed by atoms with van der Waals surface area (Å²) in [6, 6.07) is 19.6. The molecule has 1 aliphatic rings. The highest BCUT2D eigenvalue weighted by Gasteiger charge is 2.25. The number of benzene rings is 2. The molecule has 5 rings (SSSR count). The van der Waals surface area contributed by atoms with Crippen molar-refractivity contribution in [3.8, 4) is 11.4 Å². The molecule has 2 aromatic carbocycles. The van der Waals surface area contributed by atoms with Crippen molar-refractivity contribution in [2.45, 2.75) is 32.9 Å². The van der Waals surface area contributed by atoms with E-state index < -0.39 is 6.04 Å².